The van der Waals surface area contributed by atoms with Gasteiger partial charge in [-0.3, -0.25) is 19.3 Å². The summed E-state index contributed by atoms with van der Waals surface area (Å²) in [6.45, 7) is -0.356. The van der Waals surface area contributed by atoms with Gasteiger partial charge in [0.2, 0.25) is 5.91 Å². The normalized spacial score (nSPS) is 25.0. The van der Waals surface area contributed by atoms with E-state index < -0.39 is 23.2 Å². The zero-order valence-corrected chi connectivity index (χ0v) is 15.4. The molecular formula is C16H15ClN2O4S2. The second kappa shape index (κ2) is 7.82. The average molecular weight is 399 g/mol. The minimum absolute atomic E-state index is 0.247. The van der Waals surface area contributed by atoms with Gasteiger partial charge >= 0.3 is 0 Å². The lowest BCUT2D eigenvalue weighted by molar-refractivity contribution is -0.129. The molecule has 132 valence electrons. The van der Waals surface area contributed by atoms with Crippen molar-refractivity contribution < 1.29 is 19.5 Å². The Morgan fingerprint density at radius 3 is 2.88 bits per heavy atom. The van der Waals surface area contributed by atoms with Crippen molar-refractivity contribution in [1.82, 2.24) is 10.2 Å². The highest BCUT2D eigenvalue weighted by atomic mass is 35.5. The van der Waals surface area contributed by atoms with E-state index in [1.54, 1.807) is 42.1 Å². The molecule has 1 aromatic rings. The summed E-state index contributed by atoms with van der Waals surface area (Å²) in [5.41, 5.74) is 0.702. The van der Waals surface area contributed by atoms with Crippen molar-refractivity contribution in [3.63, 3.8) is 0 Å². The molecule has 25 heavy (non-hydrogen) atoms. The molecule has 6 nitrogen and oxygen atoms in total. The number of thioether (sulfide) groups is 2. The van der Waals surface area contributed by atoms with E-state index in [1.807, 2.05) is 0 Å². The topological polar surface area (TPSA) is 86.7 Å². The quantitative estimate of drug-likeness (QED) is 0.754. The monoisotopic (exact) mass is 398 g/mol. The van der Waals surface area contributed by atoms with Crippen molar-refractivity contribution in [2.75, 3.05) is 18.1 Å². The molecule has 1 aromatic carbocycles. The fraction of sp³-hybridized carbons (Fsp3) is 0.312. The fourth-order valence-electron chi connectivity index (χ4n) is 2.46. The number of aliphatic hydroxyl groups is 1. The molecular weight excluding hydrogens is 384 g/mol. The van der Waals surface area contributed by atoms with Crippen molar-refractivity contribution in [1.29, 1.82) is 0 Å². The molecule has 2 aliphatic heterocycles. The van der Waals surface area contributed by atoms with Gasteiger partial charge in [0.1, 0.15) is 6.54 Å². The molecule has 0 bridgehead atoms. The van der Waals surface area contributed by atoms with Crippen LogP contribution < -0.4 is 5.32 Å². The Hall–Kier alpha value is -1.48. The van der Waals surface area contributed by atoms with Crippen LogP contribution in [0.4, 0.5) is 4.79 Å². The average Bonchev–Trinajstić information content (AvgIpc) is 3.06. The van der Waals surface area contributed by atoms with Gasteiger partial charge < -0.3 is 10.4 Å². The van der Waals surface area contributed by atoms with Crippen LogP contribution in [0.5, 0.6) is 0 Å². The van der Waals surface area contributed by atoms with Crippen LogP contribution in [-0.2, 0) is 9.59 Å². The van der Waals surface area contributed by atoms with Crippen LogP contribution in [0.1, 0.15) is 5.56 Å². The molecule has 3 rings (SSSR count). The van der Waals surface area contributed by atoms with Crippen LogP contribution in [0.25, 0.3) is 6.08 Å². The van der Waals surface area contributed by atoms with Gasteiger partial charge in [0.15, 0.2) is 0 Å². The summed E-state index contributed by atoms with van der Waals surface area (Å²) < 4.78 is 0. The van der Waals surface area contributed by atoms with Crippen molar-refractivity contribution in [2.24, 2.45) is 0 Å². The van der Waals surface area contributed by atoms with Crippen molar-refractivity contribution in [2.45, 2.75) is 12.1 Å². The zero-order valence-electron chi connectivity index (χ0n) is 13.0. The minimum Gasteiger partial charge on any atom is -0.390 e. The first-order valence-corrected chi connectivity index (χ1v) is 9.85. The van der Waals surface area contributed by atoms with E-state index in [1.165, 1.54) is 0 Å². The highest BCUT2D eigenvalue weighted by Crippen LogP contribution is 2.32. The Balaban J connectivity index is 1.66. The molecule has 0 spiro atoms. The molecule has 9 heteroatoms. The van der Waals surface area contributed by atoms with E-state index in [-0.39, 0.29) is 17.5 Å². The van der Waals surface area contributed by atoms with E-state index in [0.717, 1.165) is 16.7 Å². The lowest BCUT2D eigenvalue weighted by Crippen LogP contribution is -2.47. The molecule has 2 atom stereocenters. The Kier molecular flexibility index (Phi) is 5.73. The molecule has 2 aliphatic rings. The minimum atomic E-state index is -0.605. The van der Waals surface area contributed by atoms with Gasteiger partial charge in [0, 0.05) is 16.5 Å². The molecule has 2 fully saturated rings. The number of nitrogens with zero attached hydrogens (tertiary/aromatic N) is 1. The van der Waals surface area contributed by atoms with Crippen molar-refractivity contribution in [3.05, 3.63) is 39.8 Å². The maximum absolute atomic E-state index is 12.4. The maximum Gasteiger partial charge on any atom is 0.294 e. The van der Waals surface area contributed by atoms with E-state index in [0.29, 0.717) is 22.1 Å². The SMILES string of the molecule is O=C(CN1C(=O)S/C(=C\c2cccc(Cl)c2)C1=O)N[C@H]1CSC[C@@H]1O. The number of nitrogens with one attached hydrogen (secondary N) is 1. The standard InChI is InChI=1S/C16H15ClN2O4S2/c17-10-3-1-2-9(4-10)5-13-15(22)19(16(23)25-13)6-14(21)18-11-7-24-8-12(11)20/h1-5,11-12,20H,6-8H2,(H,18,21)/b13-5-/t11-,12-/m0/s1. The summed E-state index contributed by atoms with van der Waals surface area (Å²) in [5.74, 6) is 0.211. The van der Waals surface area contributed by atoms with Gasteiger partial charge in [-0.1, -0.05) is 23.7 Å². The number of benzene rings is 1. The summed E-state index contributed by atoms with van der Waals surface area (Å²) in [5, 5.41) is 12.4. The number of rotatable bonds is 4. The second-order valence-electron chi connectivity index (χ2n) is 5.60. The molecule has 3 amide bonds. The molecule has 0 unspecified atom stereocenters. The van der Waals surface area contributed by atoms with E-state index in [4.69, 9.17) is 11.6 Å². The molecule has 0 aromatic heterocycles. The largest absolute Gasteiger partial charge is 0.390 e. The lowest BCUT2D eigenvalue weighted by Gasteiger charge is -2.18. The van der Waals surface area contributed by atoms with E-state index in [9.17, 15) is 19.5 Å². The fourth-order valence-corrected chi connectivity index (χ4v) is 4.67. The number of imide groups is 1. The molecule has 2 saturated heterocycles. The Bertz CT molecular complexity index is 755. The van der Waals surface area contributed by atoms with E-state index in [2.05, 4.69) is 5.32 Å². The van der Waals surface area contributed by atoms with Crippen molar-refractivity contribution >= 4 is 58.3 Å². The number of aliphatic hydroxyl groups excluding tert-OH is 1. The third-order valence-corrected chi connectivity index (χ3v) is 6.03. The van der Waals surface area contributed by atoms with Gasteiger partial charge in [-0.15, -0.1) is 0 Å². The number of carbonyl (C=O) groups is 3. The number of carbonyl (C=O) groups excluding carboxylic acids is 3. The predicted molar refractivity (Wildman–Crippen MR) is 99.4 cm³/mol. The van der Waals surface area contributed by atoms with Gasteiger partial charge in [0.25, 0.3) is 11.1 Å². The molecule has 0 aliphatic carbocycles. The van der Waals surface area contributed by atoms with E-state index >= 15 is 0 Å². The lowest BCUT2D eigenvalue weighted by atomic mass is 10.2. The highest BCUT2D eigenvalue weighted by molar-refractivity contribution is 8.18. The highest BCUT2D eigenvalue weighted by Gasteiger charge is 2.37. The zero-order chi connectivity index (χ0) is 18.0. The van der Waals surface area contributed by atoms with Gasteiger partial charge in [-0.2, -0.15) is 11.8 Å². The third-order valence-electron chi connectivity index (χ3n) is 3.72. The van der Waals surface area contributed by atoms with Crippen LogP contribution in [0.2, 0.25) is 5.02 Å². The Labute approximate surface area is 158 Å². The summed E-state index contributed by atoms with van der Waals surface area (Å²) in [6.07, 6.45) is 0.970. The second-order valence-corrected chi connectivity index (χ2v) is 8.11. The van der Waals surface area contributed by atoms with Crippen LogP contribution in [0.3, 0.4) is 0 Å². The van der Waals surface area contributed by atoms with Gasteiger partial charge in [-0.05, 0) is 35.5 Å². The molecule has 0 radical (unpaired) electrons. The van der Waals surface area contributed by atoms with Crippen LogP contribution in [0.15, 0.2) is 29.2 Å². The number of hydrogen-bond acceptors (Lipinski definition) is 6. The summed E-state index contributed by atoms with van der Waals surface area (Å²) in [6, 6.07) is 6.56. The molecule has 0 saturated carbocycles. The first-order valence-electron chi connectivity index (χ1n) is 7.50. The van der Waals surface area contributed by atoms with Crippen LogP contribution in [-0.4, -0.2) is 57.3 Å². The van der Waals surface area contributed by atoms with Crippen LogP contribution >= 0.6 is 35.1 Å². The maximum atomic E-state index is 12.4. The first-order chi connectivity index (χ1) is 11.9. The van der Waals surface area contributed by atoms with Crippen LogP contribution in [0, 0.1) is 0 Å². The summed E-state index contributed by atoms with van der Waals surface area (Å²) >= 11 is 8.24. The van der Waals surface area contributed by atoms with Crippen molar-refractivity contribution in [3.8, 4) is 0 Å². The smallest absolute Gasteiger partial charge is 0.294 e. The van der Waals surface area contributed by atoms with Gasteiger partial charge in [-0.25, -0.2) is 0 Å². The Morgan fingerprint density at radius 1 is 1.40 bits per heavy atom. The molecule has 2 N–H and O–H groups in total. The number of hydrogen-bond donors (Lipinski definition) is 2. The first kappa shape index (κ1) is 18.3. The van der Waals surface area contributed by atoms with Gasteiger partial charge in [0.05, 0.1) is 17.1 Å². The summed E-state index contributed by atoms with van der Waals surface area (Å²) in [7, 11) is 0. The third kappa shape index (κ3) is 4.38. The number of amides is 3. The summed E-state index contributed by atoms with van der Waals surface area (Å²) in [4.78, 5) is 37.7. The Morgan fingerprint density at radius 2 is 2.20 bits per heavy atom. The number of halogens is 1. The molecule has 2 heterocycles. The predicted octanol–water partition coefficient (Wildman–Crippen LogP) is 1.97.